The molecule has 0 bridgehead atoms. The highest BCUT2D eigenvalue weighted by Gasteiger charge is 2.36. The molecule has 0 aliphatic heterocycles. The van der Waals surface area contributed by atoms with Gasteiger partial charge in [0.2, 0.25) is 0 Å². The van der Waals surface area contributed by atoms with Gasteiger partial charge in [-0.1, -0.05) is 140 Å². The van der Waals surface area contributed by atoms with Crippen LogP contribution in [-0.4, -0.2) is 44.4 Å². The quantitative estimate of drug-likeness (QED) is 0.301. The van der Waals surface area contributed by atoms with Crippen molar-refractivity contribution in [2.75, 3.05) is 6.54 Å². The minimum atomic E-state index is -1.59. The molecule has 0 aliphatic carbocycles. The van der Waals surface area contributed by atoms with Crippen LogP contribution in [0, 0.1) is 0 Å². The van der Waals surface area contributed by atoms with E-state index in [0.29, 0.717) is 0 Å². The van der Waals surface area contributed by atoms with Crippen LogP contribution in [-0.2, 0) is 0 Å². The summed E-state index contributed by atoms with van der Waals surface area (Å²) >= 11 is 0. The summed E-state index contributed by atoms with van der Waals surface area (Å²) in [4.78, 5) is 0. The van der Waals surface area contributed by atoms with Gasteiger partial charge in [0.25, 0.3) is 0 Å². The molecular formula is C28H54N2Si4. The van der Waals surface area contributed by atoms with E-state index in [1.165, 1.54) is 47.1 Å². The van der Waals surface area contributed by atoms with Crippen LogP contribution in [0.1, 0.15) is 41.5 Å². The molecule has 0 aliphatic rings. The molecule has 0 aromatic heterocycles. The van der Waals surface area contributed by atoms with Crippen LogP contribution in [0.25, 0.3) is 0 Å². The van der Waals surface area contributed by atoms with Gasteiger partial charge >= 0.3 is 0 Å². The van der Waals surface area contributed by atoms with Crippen molar-refractivity contribution in [3.05, 3.63) is 60.7 Å². The van der Waals surface area contributed by atoms with Crippen LogP contribution in [0.3, 0.4) is 0 Å². The van der Waals surface area contributed by atoms with Crippen molar-refractivity contribution in [2.24, 2.45) is 0 Å². The molecule has 192 valence electrons. The van der Waals surface area contributed by atoms with Crippen molar-refractivity contribution in [2.45, 2.75) is 98.0 Å². The first-order valence-electron chi connectivity index (χ1n) is 13.7. The van der Waals surface area contributed by atoms with Gasteiger partial charge in [0.1, 0.15) is 33.7 Å². The predicted octanol–water partition coefficient (Wildman–Crippen LogP) is 6.88. The van der Waals surface area contributed by atoms with Gasteiger partial charge in [0.05, 0.1) is 0 Å². The lowest BCUT2D eigenvalue weighted by Crippen LogP contribution is -2.69. The first kappa shape index (κ1) is 31.3. The lowest BCUT2D eigenvalue weighted by Gasteiger charge is -2.45. The Hall–Kier alpha value is -0.772. The number of rotatable bonds is 12. The molecule has 0 unspecified atom stereocenters. The Morgan fingerprint density at radius 2 is 0.971 bits per heavy atom. The SMILES string of the molecule is CCN([SiH](CC)CC)[Si](CC)(CC)CC.C[Si](C)(N[Si](C)(C)c1ccccc1)c1ccccc1. The van der Waals surface area contributed by atoms with Crippen LogP contribution >= 0.6 is 0 Å². The Labute approximate surface area is 217 Å². The minimum Gasteiger partial charge on any atom is -0.353 e. The average Bonchev–Trinajstić information content (AvgIpc) is 2.85. The summed E-state index contributed by atoms with van der Waals surface area (Å²) in [6, 6.07) is 29.1. The molecule has 0 spiro atoms. The molecule has 0 saturated carbocycles. The Morgan fingerprint density at radius 1 is 0.618 bits per heavy atom. The third kappa shape index (κ3) is 8.42. The Morgan fingerprint density at radius 3 is 1.24 bits per heavy atom. The molecule has 2 nitrogen and oxygen atoms in total. The highest BCUT2D eigenvalue weighted by molar-refractivity contribution is 7.02. The maximum atomic E-state index is 4.04. The summed E-state index contributed by atoms with van der Waals surface area (Å²) in [6.07, 6.45) is 0. The molecule has 0 heterocycles. The van der Waals surface area contributed by atoms with Crippen LogP contribution in [0.5, 0.6) is 0 Å². The number of hydrogen-bond acceptors (Lipinski definition) is 2. The Kier molecular flexibility index (Phi) is 13.5. The fourth-order valence-electron chi connectivity index (χ4n) is 5.70. The van der Waals surface area contributed by atoms with Crippen molar-refractivity contribution in [3.8, 4) is 0 Å². The van der Waals surface area contributed by atoms with Gasteiger partial charge in [0, 0.05) is 0 Å². The van der Waals surface area contributed by atoms with Crippen molar-refractivity contribution >= 4 is 44.0 Å². The van der Waals surface area contributed by atoms with Crippen molar-refractivity contribution in [1.82, 2.24) is 8.88 Å². The monoisotopic (exact) mass is 530 g/mol. The third-order valence-electron chi connectivity index (χ3n) is 7.92. The molecule has 0 radical (unpaired) electrons. The molecule has 0 atom stereocenters. The van der Waals surface area contributed by atoms with E-state index in [1.54, 1.807) is 0 Å². The predicted molar refractivity (Wildman–Crippen MR) is 168 cm³/mol. The molecule has 6 heteroatoms. The van der Waals surface area contributed by atoms with E-state index in [1.807, 2.05) is 0 Å². The number of nitrogens with zero attached hydrogens (tertiary/aromatic N) is 1. The van der Waals surface area contributed by atoms with E-state index in [0.717, 1.165) is 0 Å². The van der Waals surface area contributed by atoms with Gasteiger partial charge in [0.15, 0.2) is 0 Å². The summed E-state index contributed by atoms with van der Waals surface area (Å²) in [6.45, 7) is 25.4. The topological polar surface area (TPSA) is 15.3 Å². The van der Waals surface area contributed by atoms with Crippen molar-refractivity contribution in [3.63, 3.8) is 0 Å². The molecule has 2 aromatic carbocycles. The first-order chi connectivity index (χ1) is 16.1. The molecular weight excluding hydrogens is 477 g/mol. The highest BCUT2D eigenvalue weighted by Crippen LogP contribution is 2.27. The number of nitrogens with one attached hydrogen (secondary N) is 1. The van der Waals surface area contributed by atoms with Crippen LogP contribution < -0.4 is 15.0 Å². The maximum Gasteiger partial charge on any atom is 0.145 e. The van der Waals surface area contributed by atoms with E-state index in [-0.39, 0.29) is 0 Å². The summed E-state index contributed by atoms with van der Waals surface area (Å²) in [7, 11) is -4.82. The van der Waals surface area contributed by atoms with Gasteiger partial charge in [-0.3, -0.25) is 0 Å². The van der Waals surface area contributed by atoms with Crippen LogP contribution in [0.2, 0.25) is 56.4 Å². The highest BCUT2D eigenvalue weighted by atomic mass is 28.4. The first-order valence-corrected chi connectivity index (χ1v) is 24.5. The standard InChI is InChI=1S/C16H23NSi2.C12H31NSi2/c1-18(2,15-11-7-5-8-12-15)17-19(3,4)16-13-9-6-10-14-16;1-7-13(14(8-2)9-3)15(10-4,11-5)12-6/h5-14,17H,1-4H3;14H,7-12H2,1-6H3. The zero-order valence-electron chi connectivity index (χ0n) is 24.0. The second-order valence-electron chi connectivity index (χ2n) is 10.6. The van der Waals surface area contributed by atoms with Gasteiger partial charge in [-0.05, 0) is 35.1 Å². The third-order valence-corrected chi connectivity index (χ3v) is 27.8. The van der Waals surface area contributed by atoms with E-state index >= 15 is 0 Å². The molecule has 34 heavy (non-hydrogen) atoms. The van der Waals surface area contributed by atoms with E-state index < -0.39 is 33.7 Å². The zero-order valence-corrected chi connectivity index (χ0v) is 28.2. The van der Waals surface area contributed by atoms with E-state index in [4.69, 9.17) is 0 Å². The van der Waals surface area contributed by atoms with Crippen LogP contribution in [0.15, 0.2) is 60.7 Å². The summed E-state index contributed by atoms with van der Waals surface area (Å²) in [5, 5.41) is 2.96. The largest absolute Gasteiger partial charge is 0.353 e. The second kappa shape index (κ2) is 14.7. The number of hydrogen-bond donors (Lipinski definition) is 1. The molecule has 2 aromatic rings. The van der Waals surface area contributed by atoms with Gasteiger partial charge in [-0.2, -0.15) is 0 Å². The molecule has 0 saturated heterocycles. The lowest BCUT2D eigenvalue weighted by atomic mass is 10.4. The normalized spacial score (nSPS) is 12.6. The van der Waals surface area contributed by atoms with Crippen LogP contribution in [0.4, 0.5) is 0 Å². The van der Waals surface area contributed by atoms with Crippen molar-refractivity contribution in [1.29, 1.82) is 0 Å². The molecule has 0 amide bonds. The Balaban J connectivity index is 0.000000352. The number of benzene rings is 2. The maximum absolute atomic E-state index is 4.04. The second-order valence-corrected chi connectivity index (χ2v) is 28.5. The molecule has 0 fully saturated rings. The fraction of sp³-hybridized carbons (Fsp3) is 0.571. The average molecular weight is 531 g/mol. The summed E-state index contributed by atoms with van der Waals surface area (Å²) < 4.78 is 7.08. The fourth-order valence-corrected chi connectivity index (χ4v) is 26.4. The Bertz CT molecular complexity index is 731. The zero-order chi connectivity index (χ0) is 25.8. The van der Waals surface area contributed by atoms with Gasteiger partial charge < -0.3 is 8.88 Å². The van der Waals surface area contributed by atoms with Crippen molar-refractivity contribution < 1.29 is 0 Å². The van der Waals surface area contributed by atoms with Gasteiger partial charge in [-0.15, -0.1) is 0 Å². The van der Waals surface area contributed by atoms with Gasteiger partial charge in [-0.25, -0.2) is 0 Å². The summed E-state index contributed by atoms with van der Waals surface area (Å²) in [5.41, 5.74) is 0. The molecule has 2 rings (SSSR count). The summed E-state index contributed by atoms with van der Waals surface area (Å²) in [5.74, 6) is 0. The van der Waals surface area contributed by atoms with E-state index in [9.17, 15) is 0 Å². The lowest BCUT2D eigenvalue weighted by molar-refractivity contribution is 0.632. The van der Waals surface area contributed by atoms with E-state index in [2.05, 4.69) is 137 Å². The minimum absolute atomic E-state index is 0.590. The smallest absolute Gasteiger partial charge is 0.145 e. The molecule has 1 N–H and O–H groups in total.